The van der Waals surface area contributed by atoms with Gasteiger partial charge in [0.15, 0.2) is 0 Å². The van der Waals surface area contributed by atoms with Crippen molar-refractivity contribution in [2.75, 3.05) is 0 Å². The third kappa shape index (κ3) is 2.81. The van der Waals surface area contributed by atoms with Gasteiger partial charge in [-0.15, -0.1) is 0 Å². The molecule has 0 spiro atoms. The van der Waals surface area contributed by atoms with Crippen LogP contribution >= 0.6 is 0 Å². The summed E-state index contributed by atoms with van der Waals surface area (Å²) in [4.78, 5) is 0. The highest BCUT2D eigenvalue weighted by Crippen LogP contribution is 2.35. The van der Waals surface area contributed by atoms with Gasteiger partial charge >= 0.3 is 6.18 Å². The second-order valence-corrected chi connectivity index (χ2v) is 3.20. The number of rotatable bonds is 2. The van der Waals surface area contributed by atoms with Crippen molar-refractivity contribution in [2.24, 2.45) is 0 Å². The van der Waals surface area contributed by atoms with Crippen molar-refractivity contribution < 1.29 is 22.0 Å². The van der Waals surface area contributed by atoms with E-state index in [1.54, 1.807) is 0 Å². The van der Waals surface area contributed by atoms with Crippen LogP contribution in [0, 0.1) is 0 Å². The Morgan fingerprint density at radius 2 is 1.56 bits per heavy atom. The minimum Gasteiger partial charge on any atom is -0.197 e. The summed E-state index contributed by atoms with van der Waals surface area (Å²) in [5, 5.41) is 0. The number of alkyl halides is 5. The van der Waals surface area contributed by atoms with Crippen LogP contribution in [0.1, 0.15) is 18.1 Å². The average Bonchev–Trinajstić information content (AvgIpc) is 2.16. The lowest BCUT2D eigenvalue weighted by Crippen LogP contribution is -2.12. The summed E-state index contributed by atoms with van der Waals surface area (Å²) in [6.45, 7) is 1.38. The van der Waals surface area contributed by atoms with Crippen LogP contribution < -0.4 is 0 Å². The maximum Gasteiger partial charge on any atom is 0.416 e. The highest BCUT2D eigenvalue weighted by Gasteiger charge is 2.34. The van der Waals surface area contributed by atoms with Crippen LogP contribution in [0.4, 0.5) is 22.0 Å². The molecule has 0 bridgehead atoms. The van der Waals surface area contributed by atoms with Gasteiger partial charge in [0.2, 0.25) is 0 Å². The third-order valence-electron chi connectivity index (χ3n) is 1.95. The second kappa shape index (κ2) is 4.23. The minimum atomic E-state index is -4.61. The summed E-state index contributed by atoms with van der Waals surface area (Å²) in [6.07, 6.45) is -2.95. The van der Waals surface area contributed by atoms with E-state index in [0.29, 0.717) is 12.1 Å². The van der Waals surface area contributed by atoms with Crippen molar-refractivity contribution in [2.45, 2.75) is 19.0 Å². The zero-order chi connectivity index (χ0) is 12.4. The van der Waals surface area contributed by atoms with Gasteiger partial charge in [-0.1, -0.05) is 18.2 Å². The average molecular weight is 236 g/mol. The predicted molar refractivity (Wildman–Crippen MR) is 50.2 cm³/mol. The van der Waals surface area contributed by atoms with Crippen LogP contribution in [0.2, 0.25) is 0 Å². The van der Waals surface area contributed by atoms with E-state index in [2.05, 4.69) is 0 Å². The largest absolute Gasteiger partial charge is 0.416 e. The van der Waals surface area contributed by atoms with E-state index in [0.717, 1.165) is 24.3 Å². The molecule has 0 saturated heterocycles. The van der Waals surface area contributed by atoms with Gasteiger partial charge in [-0.05, 0) is 25.1 Å². The van der Waals surface area contributed by atoms with Crippen molar-refractivity contribution >= 4 is 0 Å². The molecule has 1 aromatic rings. The summed E-state index contributed by atoms with van der Waals surface area (Å²) in [5.41, 5.74) is -1.74. The number of benzene rings is 1. The normalized spacial score (nSPS) is 13.4. The molecule has 0 nitrogen and oxygen atoms in total. The maximum absolute atomic E-state index is 13.3. The Bertz CT molecular complexity index is 390. The monoisotopic (exact) mass is 236 g/mol. The van der Waals surface area contributed by atoms with Gasteiger partial charge in [-0.2, -0.15) is 22.0 Å². The summed E-state index contributed by atoms with van der Waals surface area (Å²) in [6, 6.07) is 3.15. The molecule has 1 rings (SSSR count). The lowest BCUT2D eigenvalue weighted by Gasteiger charge is -2.14. The van der Waals surface area contributed by atoms with E-state index in [9.17, 15) is 22.0 Å². The molecule has 0 unspecified atom stereocenters. The first-order valence-corrected chi connectivity index (χ1v) is 4.47. The molecule has 0 saturated carbocycles. The van der Waals surface area contributed by atoms with Crippen LogP contribution in [0.25, 0.3) is 0 Å². The van der Waals surface area contributed by atoms with Gasteiger partial charge in [0.05, 0.1) is 5.56 Å². The Morgan fingerprint density at radius 3 is 2.06 bits per heavy atom. The lowest BCUT2D eigenvalue weighted by atomic mass is 10.0. The molecular weight excluding hydrogens is 227 g/mol. The standard InChI is InChI=1S/C11H9F5/c1-2-6-10(12,13)8-4-3-5-9(7-8)11(14,15)16/h2-7H,1H3/b6-2+. The Labute approximate surface area is 89.4 Å². The van der Waals surface area contributed by atoms with Crippen LogP contribution in [0.15, 0.2) is 36.4 Å². The lowest BCUT2D eigenvalue weighted by molar-refractivity contribution is -0.137. The first-order valence-electron chi connectivity index (χ1n) is 4.47. The Kier molecular flexibility index (Phi) is 3.35. The molecular formula is C11H9F5. The molecule has 0 aromatic heterocycles. The molecule has 1 aromatic carbocycles. The molecule has 88 valence electrons. The molecule has 0 heterocycles. The molecule has 0 amide bonds. The predicted octanol–water partition coefficient (Wildman–Crippen LogP) is 4.37. The zero-order valence-electron chi connectivity index (χ0n) is 8.35. The Morgan fingerprint density at radius 1 is 1.00 bits per heavy atom. The van der Waals surface area contributed by atoms with E-state index in [1.807, 2.05) is 0 Å². The quantitative estimate of drug-likeness (QED) is 0.528. The number of hydrogen-bond acceptors (Lipinski definition) is 0. The second-order valence-electron chi connectivity index (χ2n) is 3.20. The minimum absolute atomic E-state index is 0.458. The van der Waals surface area contributed by atoms with E-state index in [-0.39, 0.29) is 0 Å². The van der Waals surface area contributed by atoms with Crippen molar-refractivity contribution in [3.05, 3.63) is 47.5 Å². The third-order valence-corrected chi connectivity index (χ3v) is 1.95. The van der Waals surface area contributed by atoms with Gasteiger partial charge in [-0.3, -0.25) is 0 Å². The molecule has 0 aliphatic carbocycles. The summed E-state index contributed by atoms with van der Waals surface area (Å²) < 4.78 is 63.4. The van der Waals surface area contributed by atoms with Gasteiger partial charge < -0.3 is 0 Å². The van der Waals surface area contributed by atoms with Gasteiger partial charge in [0, 0.05) is 5.56 Å². The Balaban J connectivity index is 3.18. The van der Waals surface area contributed by atoms with E-state index >= 15 is 0 Å². The van der Waals surface area contributed by atoms with E-state index in [1.165, 1.54) is 6.92 Å². The molecule has 0 fully saturated rings. The SMILES string of the molecule is C/C=C/C(F)(F)c1cccc(C(F)(F)F)c1. The Hall–Kier alpha value is -1.39. The summed E-state index contributed by atoms with van der Waals surface area (Å²) >= 11 is 0. The highest BCUT2D eigenvalue weighted by molar-refractivity contribution is 5.31. The highest BCUT2D eigenvalue weighted by atomic mass is 19.4. The van der Waals surface area contributed by atoms with Gasteiger partial charge in [-0.25, -0.2) is 0 Å². The first-order chi connectivity index (χ1) is 7.27. The smallest absolute Gasteiger partial charge is 0.197 e. The fourth-order valence-electron chi connectivity index (χ4n) is 1.21. The number of allylic oxidation sites excluding steroid dienone is 2. The van der Waals surface area contributed by atoms with Gasteiger partial charge in [0.25, 0.3) is 5.92 Å². The fourth-order valence-corrected chi connectivity index (χ4v) is 1.21. The first kappa shape index (κ1) is 12.7. The molecule has 0 aliphatic heterocycles. The summed E-state index contributed by atoms with van der Waals surface area (Å²) in [7, 11) is 0. The molecule has 0 radical (unpaired) electrons. The molecule has 0 atom stereocenters. The van der Waals surface area contributed by atoms with E-state index < -0.39 is 23.2 Å². The van der Waals surface area contributed by atoms with Crippen molar-refractivity contribution in [3.63, 3.8) is 0 Å². The van der Waals surface area contributed by atoms with Crippen LogP contribution in [-0.4, -0.2) is 0 Å². The van der Waals surface area contributed by atoms with Crippen LogP contribution in [0.3, 0.4) is 0 Å². The molecule has 5 heteroatoms. The maximum atomic E-state index is 13.3. The molecule has 16 heavy (non-hydrogen) atoms. The van der Waals surface area contributed by atoms with Crippen molar-refractivity contribution in [1.82, 2.24) is 0 Å². The number of halogens is 5. The number of hydrogen-bond donors (Lipinski definition) is 0. The van der Waals surface area contributed by atoms with E-state index in [4.69, 9.17) is 0 Å². The van der Waals surface area contributed by atoms with Gasteiger partial charge in [0.1, 0.15) is 0 Å². The fraction of sp³-hybridized carbons (Fsp3) is 0.273. The van der Waals surface area contributed by atoms with Crippen molar-refractivity contribution in [3.8, 4) is 0 Å². The molecule has 0 N–H and O–H groups in total. The van der Waals surface area contributed by atoms with Crippen LogP contribution in [-0.2, 0) is 12.1 Å². The van der Waals surface area contributed by atoms with Crippen molar-refractivity contribution in [1.29, 1.82) is 0 Å². The molecule has 0 aliphatic rings. The van der Waals surface area contributed by atoms with Crippen LogP contribution in [0.5, 0.6) is 0 Å². The topological polar surface area (TPSA) is 0 Å². The zero-order valence-corrected chi connectivity index (χ0v) is 8.35. The summed E-state index contributed by atoms with van der Waals surface area (Å²) in [5.74, 6) is -3.38.